The van der Waals surface area contributed by atoms with Gasteiger partial charge in [-0.2, -0.15) is 0 Å². The van der Waals surface area contributed by atoms with Crippen molar-refractivity contribution in [1.29, 1.82) is 0 Å². The maximum atomic E-state index is 11.6. The van der Waals surface area contributed by atoms with E-state index < -0.39 is 6.04 Å². The van der Waals surface area contributed by atoms with Crippen molar-refractivity contribution in [2.45, 2.75) is 6.04 Å². The fourth-order valence-corrected chi connectivity index (χ4v) is 1.64. The summed E-state index contributed by atoms with van der Waals surface area (Å²) in [5, 5.41) is 9.31. The van der Waals surface area contributed by atoms with E-state index in [4.69, 9.17) is 25.9 Å². The molecule has 1 aliphatic heterocycles. The SMILES string of the molecule is O=C1COCC(CO)N1c1ccc(Cl)o1. The molecule has 0 saturated carbocycles. The van der Waals surface area contributed by atoms with E-state index in [0.717, 1.165) is 0 Å². The molecule has 1 aliphatic rings. The number of aliphatic hydroxyl groups excluding tert-OH is 1. The second-order valence-corrected chi connectivity index (χ2v) is 3.57. The summed E-state index contributed by atoms with van der Waals surface area (Å²) in [6, 6.07) is 2.73. The zero-order valence-electron chi connectivity index (χ0n) is 7.85. The van der Waals surface area contributed by atoms with Crippen LogP contribution in [-0.2, 0) is 9.53 Å². The number of aliphatic hydroxyl groups is 1. The van der Waals surface area contributed by atoms with Gasteiger partial charge in [-0.25, -0.2) is 0 Å². The molecule has 0 radical (unpaired) electrons. The van der Waals surface area contributed by atoms with Crippen molar-refractivity contribution in [1.82, 2.24) is 0 Å². The second kappa shape index (κ2) is 4.22. The smallest absolute Gasteiger partial charge is 0.255 e. The molecule has 6 heteroatoms. The van der Waals surface area contributed by atoms with Crippen LogP contribution in [-0.4, -0.2) is 36.9 Å². The van der Waals surface area contributed by atoms with Crippen LogP contribution in [0.2, 0.25) is 5.22 Å². The summed E-state index contributed by atoms with van der Waals surface area (Å²) in [6.45, 7) is 0.111. The van der Waals surface area contributed by atoms with Crippen LogP contribution in [0, 0.1) is 0 Å². The van der Waals surface area contributed by atoms with E-state index in [1.807, 2.05) is 0 Å². The highest BCUT2D eigenvalue weighted by Gasteiger charge is 2.31. The van der Waals surface area contributed by atoms with Crippen LogP contribution < -0.4 is 4.90 Å². The van der Waals surface area contributed by atoms with Crippen molar-refractivity contribution in [2.75, 3.05) is 24.7 Å². The third-order valence-corrected chi connectivity index (χ3v) is 2.38. The van der Waals surface area contributed by atoms with Crippen LogP contribution >= 0.6 is 11.6 Å². The van der Waals surface area contributed by atoms with Gasteiger partial charge >= 0.3 is 0 Å². The van der Waals surface area contributed by atoms with Crippen molar-refractivity contribution < 1.29 is 19.1 Å². The van der Waals surface area contributed by atoms with Gasteiger partial charge in [0.05, 0.1) is 19.3 Å². The van der Waals surface area contributed by atoms with Crippen LogP contribution in [0.5, 0.6) is 0 Å². The van der Waals surface area contributed by atoms with Crippen molar-refractivity contribution in [2.24, 2.45) is 0 Å². The fourth-order valence-electron chi connectivity index (χ4n) is 1.50. The van der Waals surface area contributed by atoms with E-state index in [0.29, 0.717) is 12.5 Å². The van der Waals surface area contributed by atoms with Gasteiger partial charge in [0.1, 0.15) is 6.61 Å². The van der Waals surface area contributed by atoms with Gasteiger partial charge in [0.15, 0.2) is 5.22 Å². The van der Waals surface area contributed by atoms with Crippen molar-refractivity contribution >= 4 is 23.4 Å². The summed E-state index contributed by atoms with van der Waals surface area (Å²) in [7, 11) is 0. The molecular formula is C9H10ClNO4. The second-order valence-electron chi connectivity index (χ2n) is 3.19. The standard InChI is InChI=1S/C9H10ClNO4/c10-7-1-2-9(15-7)11-6(3-12)4-14-5-8(11)13/h1-2,6,12H,3-5H2. The first-order valence-corrected chi connectivity index (χ1v) is 4.86. The largest absolute Gasteiger partial charge is 0.429 e. The Morgan fingerprint density at radius 1 is 1.60 bits per heavy atom. The first kappa shape index (κ1) is 10.5. The van der Waals surface area contributed by atoms with E-state index in [9.17, 15) is 4.79 Å². The summed E-state index contributed by atoms with van der Waals surface area (Å²) in [5.74, 6) is 0.0960. The number of rotatable bonds is 2. The van der Waals surface area contributed by atoms with Gasteiger partial charge in [-0.1, -0.05) is 0 Å². The number of hydrogen-bond acceptors (Lipinski definition) is 4. The van der Waals surface area contributed by atoms with Gasteiger partial charge in [-0.15, -0.1) is 0 Å². The van der Waals surface area contributed by atoms with Gasteiger partial charge in [0.25, 0.3) is 5.91 Å². The number of carbonyl (C=O) groups excluding carboxylic acids is 1. The number of morpholine rings is 1. The highest BCUT2D eigenvalue weighted by Crippen LogP contribution is 2.25. The molecule has 82 valence electrons. The predicted octanol–water partition coefficient (Wildman–Crippen LogP) is 0.657. The lowest BCUT2D eigenvalue weighted by Gasteiger charge is -2.32. The van der Waals surface area contributed by atoms with Crippen LogP contribution in [0.3, 0.4) is 0 Å². The van der Waals surface area contributed by atoms with Gasteiger partial charge < -0.3 is 14.3 Å². The molecule has 0 spiro atoms. The van der Waals surface area contributed by atoms with E-state index in [-0.39, 0.29) is 24.3 Å². The van der Waals surface area contributed by atoms with Crippen molar-refractivity contribution in [3.8, 4) is 0 Å². The van der Waals surface area contributed by atoms with E-state index >= 15 is 0 Å². The molecule has 1 fully saturated rings. The first-order chi connectivity index (χ1) is 7.22. The van der Waals surface area contributed by atoms with E-state index in [1.165, 1.54) is 4.90 Å². The lowest BCUT2D eigenvalue weighted by molar-refractivity contribution is -0.128. The van der Waals surface area contributed by atoms with Crippen LogP contribution in [0.4, 0.5) is 5.88 Å². The van der Waals surface area contributed by atoms with Crippen LogP contribution in [0.25, 0.3) is 0 Å². The summed E-state index contributed by atoms with van der Waals surface area (Å²) in [5.41, 5.74) is 0. The molecule has 0 bridgehead atoms. The molecule has 0 aromatic carbocycles. The minimum absolute atomic E-state index is 0.00514. The molecule has 0 aliphatic carbocycles. The number of halogens is 1. The molecule has 1 N–H and O–H groups in total. The third kappa shape index (κ3) is 1.99. The molecule has 2 heterocycles. The van der Waals surface area contributed by atoms with Crippen molar-refractivity contribution in [3.63, 3.8) is 0 Å². The molecule has 1 aromatic heterocycles. The maximum Gasteiger partial charge on any atom is 0.255 e. The number of amides is 1. The Kier molecular flexibility index (Phi) is 2.95. The number of anilines is 1. The Hall–Kier alpha value is -1.04. The number of hydrogen-bond donors (Lipinski definition) is 1. The highest BCUT2D eigenvalue weighted by atomic mass is 35.5. The first-order valence-electron chi connectivity index (χ1n) is 4.48. The Morgan fingerprint density at radius 2 is 2.40 bits per heavy atom. The zero-order chi connectivity index (χ0) is 10.8. The molecule has 5 nitrogen and oxygen atoms in total. The Morgan fingerprint density at radius 3 is 3.00 bits per heavy atom. The minimum Gasteiger partial charge on any atom is -0.429 e. The van der Waals surface area contributed by atoms with Crippen LogP contribution in [0.15, 0.2) is 16.5 Å². The number of ether oxygens (including phenoxy) is 1. The minimum atomic E-state index is -0.409. The molecule has 1 atom stereocenters. The quantitative estimate of drug-likeness (QED) is 0.812. The lowest BCUT2D eigenvalue weighted by atomic mass is 10.2. The lowest BCUT2D eigenvalue weighted by Crippen LogP contribution is -2.51. The normalized spacial score (nSPS) is 22.1. The molecule has 1 saturated heterocycles. The highest BCUT2D eigenvalue weighted by molar-refractivity contribution is 6.29. The zero-order valence-corrected chi connectivity index (χ0v) is 8.61. The summed E-state index contributed by atoms with van der Waals surface area (Å²) in [4.78, 5) is 12.9. The maximum absolute atomic E-state index is 11.6. The third-order valence-electron chi connectivity index (χ3n) is 2.18. The Bertz CT molecular complexity index is 365. The molecule has 2 rings (SSSR count). The van der Waals surface area contributed by atoms with Gasteiger partial charge in [0.2, 0.25) is 5.88 Å². The Labute approximate surface area is 91.2 Å². The number of nitrogens with zero attached hydrogens (tertiary/aromatic N) is 1. The van der Waals surface area contributed by atoms with Gasteiger partial charge in [0, 0.05) is 6.07 Å². The van der Waals surface area contributed by atoms with Crippen LogP contribution in [0.1, 0.15) is 0 Å². The van der Waals surface area contributed by atoms with E-state index in [1.54, 1.807) is 12.1 Å². The number of furan rings is 1. The summed E-state index contributed by atoms with van der Waals surface area (Å²) < 4.78 is 10.1. The summed E-state index contributed by atoms with van der Waals surface area (Å²) >= 11 is 5.62. The predicted molar refractivity (Wildman–Crippen MR) is 52.9 cm³/mol. The molecular weight excluding hydrogens is 222 g/mol. The fraction of sp³-hybridized carbons (Fsp3) is 0.444. The molecule has 1 amide bonds. The average molecular weight is 232 g/mol. The molecule has 1 unspecified atom stereocenters. The van der Waals surface area contributed by atoms with E-state index in [2.05, 4.69) is 0 Å². The monoisotopic (exact) mass is 231 g/mol. The van der Waals surface area contributed by atoms with Gasteiger partial charge in [-0.05, 0) is 17.7 Å². The molecule has 15 heavy (non-hydrogen) atoms. The summed E-state index contributed by atoms with van der Waals surface area (Å²) in [6.07, 6.45) is 0. The number of carbonyl (C=O) groups is 1. The van der Waals surface area contributed by atoms with Gasteiger partial charge in [-0.3, -0.25) is 9.69 Å². The van der Waals surface area contributed by atoms with Crippen molar-refractivity contribution in [3.05, 3.63) is 17.4 Å². The topological polar surface area (TPSA) is 62.9 Å². The Balaban J connectivity index is 2.26. The molecule has 1 aromatic rings. The average Bonchev–Trinajstić information content (AvgIpc) is 2.64.